The van der Waals surface area contributed by atoms with E-state index in [9.17, 15) is 17.2 Å². The zero-order valence-corrected chi connectivity index (χ0v) is 15.0. The van der Waals surface area contributed by atoms with Crippen molar-refractivity contribution >= 4 is 27.0 Å². The Bertz CT molecular complexity index is 975. The van der Waals surface area contributed by atoms with Gasteiger partial charge in [0.1, 0.15) is 9.88 Å². The molecule has 0 radical (unpaired) electrons. The van der Waals surface area contributed by atoms with Crippen molar-refractivity contribution in [2.45, 2.75) is 19.9 Å². The molecule has 0 N–H and O–H groups in total. The van der Waals surface area contributed by atoms with Crippen LogP contribution in [0.15, 0.2) is 35.1 Å². The lowest BCUT2D eigenvalue weighted by Gasteiger charge is -2.22. The maximum atomic E-state index is 12.5. The van der Waals surface area contributed by atoms with E-state index in [1.807, 2.05) is 0 Å². The maximum absolute atomic E-state index is 12.5. The molecule has 0 atom stereocenters. The van der Waals surface area contributed by atoms with Gasteiger partial charge < -0.3 is 4.42 Å². The summed E-state index contributed by atoms with van der Waals surface area (Å²) in [7, 11) is -3.56. The number of thiazole rings is 1. The second kappa shape index (κ2) is 7.41. The highest BCUT2D eigenvalue weighted by Crippen LogP contribution is 2.29. The van der Waals surface area contributed by atoms with Crippen LogP contribution in [0.25, 0.3) is 10.8 Å². The van der Waals surface area contributed by atoms with Gasteiger partial charge in [0.15, 0.2) is 0 Å². The Morgan fingerprint density at radius 1 is 1.31 bits per heavy atom. The molecule has 0 amide bonds. The fraction of sp³-hybridized carbons (Fsp3) is 0.286. The van der Waals surface area contributed by atoms with E-state index < -0.39 is 22.3 Å². The number of hydrogen-bond donors (Lipinski definition) is 0. The highest BCUT2D eigenvalue weighted by molar-refractivity contribution is 7.92. The molecule has 0 aliphatic heterocycles. The molecule has 138 valence electrons. The van der Waals surface area contributed by atoms with Gasteiger partial charge in [0.05, 0.1) is 30.4 Å². The van der Waals surface area contributed by atoms with Crippen LogP contribution in [0.2, 0.25) is 0 Å². The number of pyridine rings is 1. The van der Waals surface area contributed by atoms with Crippen LogP contribution < -0.4 is 4.31 Å². The molecule has 8 nitrogen and oxygen atoms in total. The highest BCUT2D eigenvalue weighted by atomic mass is 32.2. The molecule has 0 spiro atoms. The van der Waals surface area contributed by atoms with Crippen molar-refractivity contribution < 1.29 is 21.6 Å². The van der Waals surface area contributed by atoms with Crippen LogP contribution in [-0.2, 0) is 16.6 Å². The first-order valence-corrected chi connectivity index (χ1v) is 9.80. The molecular weight excluding hydrogens is 388 g/mol. The zero-order valence-electron chi connectivity index (χ0n) is 13.4. The van der Waals surface area contributed by atoms with Crippen LogP contribution in [0.1, 0.15) is 24.2 Å². The van der Waals surface area contributed by atoms with Gasteiger partial charge in [-0.2, -0.15) is 8.78 Å². The Balaban J connectivity index is 1.87. The van der Waals surface area contributed by atoms with E-state index in [1.165, 1.54) is 29.8 Å². The second-order valence-corrected chi connectivity index (χ2v) is 8.28. The van der Waals surface area contributed by atoms with Gasteiger partial charge in [0.2, 0.25) is 10.0 Å². The van der Waals surface area contributed by atoms with E-state index in [1.54, 1.807) is 12.1 Å². The molecule has 3 aromatic heterocycles. The molecule has 12 heteroatoms. The molecule has 0 saturated carbocycles. The minimum absolute atomic E-state index is 0.0254. The number of anilines is 1. The molecule has 0 aliphatic carbocycles. The van der Waals surface area contributed by atoms with Gasteiger partial charge in [-0.05, 0) is 19.1 Å². The van der Waals surface area contributed by atoms with Crippen molar-refractivity contribution in [3.8, 4) is 10.8 Å². The van der Waals surface area contributed by atoms with Crippen molar-refractivity contribution in [1.29, 1.82) is 0 Å². The summed E-state index contributed by atoms with van der Waals surface area (Å²) in [6, 6.07) is 3.26. The number of alkyl halides is 2. The molecule has 0 saturated heterocycles. The number of rotatable bonds is 7. The molecule has 0 aromatic carbocycles. The lowest BCUT2D eigenvalue weighted by Crippen LogP contribution is -2.31. The molecule has 3 rings (SSSR count). The van der Waals surface area contributed by atoms with E-state index in [0.29, 0.717) is 15.6 Å². The summed E-state index contributed by atoms with van der Waals surface area (Å²) in [4.78, 5) is 8.45. The maximum Gasteiger partial charge on any atom is 0.314 e. The topological polar surface area (TPSA) is 102 Å². The van der Waals surface area contributed by atoms with Gasteiger partial charge in [0.25, 0.3) is 11.8 Å². The third-order valence-electron chi connectivity index (χ3n) is 3.31. The third-order valence-corrected chi connectivity index (χ3v) is 6.02. The fourth-order valence-electron chi connectivity index (χ4n) is 2.03. The van der Waals surface area contributed by atoms with Gasteiger partial charge in [-0.25, -0.2) is 13.4 Å². The van der Waals surface area contributed by atoms with Crippen LogP contribution in [0.5, 0.6) is 0 Å². The monoisotopic (exact) mass is 401 g/mol. The van der Waals surface area contributed by atoms with Crippen molar-refractivity contribution in [1.82, 2.24) is 20.2 Å². The third kappa shape index (κ3) is 3.85. The number of halogens is 2. The first kappa shape index (κ1) is 18.3. The van der Waals surface area contributed by atoms with Gasteiger partial charge in [0, 0.05) is 6.20 Å². The SMILES string of the molecule is CCS(=O)(=O)N(Cc1ncc(-c2nnc(C(F)F)o2)s1)c1cccnc1. The molecule has 26 heavy (non-hydrogen) atoms. The van der Waals surface area contributed by atoms with Gasteiger partial charge in [-0.3, -0.25) is 9.29 Å². The molecule has 0 fully saturated rings. The zero-order chi connectivity index (χ0) is 18.7. The Morgan fingerprint density at radius 3 is 2.73 bits per heavy atom. The fourth-order valence-corrected chi connectivity index (χ4v) is 4.00. The molecule has 0 aliphatic rings. The lowest BCUT2D eigenvalue weighted by atomic mass is 10.4. The van der Waals surface area contributed by atoms with E-state index in [-0.39, 0.29) is 18.2 Å². The first-order chi connectivity index (χ1) is 12.4. The number of nitrogens with zero attached hydrogens (tertiary/aromatic N) is 5. The van der Waals surface area contributed by atoms with Crippen molar-refractivity contribution in [3.05, 3.63) is 41.6 Å². The predicted octanol–water partition coefficient (Wildman–Crippen LogP) is 2.88. The summed E-state index contributed by atoms with van der Waals surface area (Å²) >= 11 is 1.08. The summed E-state index contributed by atoms with van der Waals surface area (Å²) in [6.45, 7) is 1.51. The van der Waals surface area contributed by atoms with Crippen LogP contribution in [0.3, 0.4) is 0 Å². The summed E-state index contributed by atoms with van der Waals surface area (Å²) in [6.07, 6.45) is 1.49. The van der Waals surface area contributed by atoms with Crippen molar-refractivity contribution in [2.24, 2.45) is 0 Å². The summed E-state index contributed by atoms with van der Waals surface area (Å²) < 4.78 is 56.0. The average molecular weight is 401 g/mol. The van der Waals surface area contributed by atoms with Crippen LogP contribution >= 0.6 is 11.3 Å². The molecular formula is C14H13F2N5O3S2. The largest absolute Gasteiger partial charge is 0.414 e. The van der Waals surface area contributed by atoms with Crippen molar-refractivity contribution in [2.75, 3.05) is 10.1 Å². The van der Waals surface area contributed by atoms with Crippen LogP contribution in [0.4, 0.5) is 14.5 Å². The number of aromatic nitrogens is 4. The minimum Gasteiger partial charge on any atom is -0.414 e. The van der Waals surface area contributed by atoms with E-state index in [4.69, 9.17) is 4.42 Å². The Hall–Kier alpha value is -2.47. The highest BCUT2D eigenvalue weighted by Gasteiger charge is 2.24. The lowest BCUT2D eigenvalue weighted by molar-refractivity contribution is 0.116. The average Bonchev–Trinajstić information content (AvgIpc) is 3.29. The van der Waals surface area contributed by atoms with Gasteiger partial charge in [-0.1, -0.05) is 0 Å². The summed E-state index contributed by atoms with van der Waals surface area (Å²) in [5.41, 5.74) is 0.406. The van der Waals surface area contributed by atoms with Crippen LogP contribution in [0, 0.1) is 0 Å². The Labute approximate surface area is 151 Å². The Morgan fingerprint density at radius 2 is 2.12 bits per heavy atom. The smallest absolute Gasteiger partial charge is 0.314 e. The Kier molecular flexibility index (Phi) is 5.23. The van der Waals surface area contributed by atoms with Crippen molar-refractivity contribution in [3.63, 3.8) is 0 Å². The normalized spacial score (nSPS) is 11.8. The number of sulfonamides is 1. The van der Waals surface area contributed by atoms with Gasteiger partial charge >= 0.3 is 6.43 Å². The molecule has 3 aromatic rings. The standard InChI is InChI=1S/C14H13F2N5O3S2/c1-2-26(22,23)21(9-4-3-5-17-6-9)8-11-18-7-10(25-11)13-19-20-14(24-13)12(15)16/h3-7,12H,2,8H2,1H3. The first-order valence-electron chi connectivity index (χ1n) is 7.37. The van der Waals surface area contributed by atoms with E-state index in [2.05, 4.69) is 20.2 Å². The van der Waals surface area contributed by atoms with E-state index in [0.717, 1.165) is 11.3 Å². The molecule has 3 heterocycles. The van der Waals surface area contributed by atoms with E-state index >= 15 is 0 Å². The predicted molar refractivity (Wildman–Crippen MR) is 90.2 cm³/mol. The molecule has 0 unspecified atom stereocenters. The van der Waals surface area contributed by atoms with Gasteiger partial charge in [-0.15, -0.1) is 21.5 Å². The minimum atomic E-state index is -3.56. The summed E-state index contributed by atoms with van der Waals surface area (Å²) in [5, 5.41) is 7.26. The second-order valence-electron chi connectivity index (χ2n) is 4.98. The van der Waals surface area contributed by atoms with Crippen LogP contribution in [-0.4, -0.2) is 34.3 Å². The quantitative estimate of drug-likeness (QED) is 0.600. The molecule has 0 bridgehead atoms. The summed E-state index contributed by atoms with van der Waals surface area (Å²) in [5.74, 6) is -0.961. The number of hydrogen-bond acceptors (Lipinski definition) is 8.